The number of thiophene rings is 2. The van der Waals surface area contributed by atoms with E-state index in [0.29, 0.717) is 0 Å². The molecule has 10 heteroatoms. The van der Waals surface area contributed by atoms with Crippen LogP contribution in [0.15, 0.2) is 43.4 Å². The van der Waals surface area contributed by atoms with Gasteiger partial charge in [0.05, 0.1) is 0 Å². The summed E-state index contributed by atoms with van der Waals surface area (Å²) < 4.78 is 54.4. The standard InChI is InChI=1S/C14H18N2O4S4/c1-11-9-16(24(19,20)14-6-4-8-22-14)12(2)10-15(11)23(17,18)13-5-3-7-21-13/h3-8,11-12H,9-10H2,1-2H3/t11-,12-/m1/s1. The summed E-state index contributed by atoms with van der Waals surface area (Å²) in [5, 5.41) is 3.44. The van der Waals surface area contributed by atoms with Gasteiger partial charge in [-0.3, -0.25) is 0 Å². The summed E-state index contributed by atoms with van der Waals surface area (Å²) >= 11 is 2.34. The Labute approximate surface area is 150 Å². The van der Waals surface area contributed by atoms with E-state index in [-0.39, 0.29) is 21.5 Å². The van der Waals surface area contributed by atoms with Gasteiger partial charge in [-0.2, -0.15) is 8.61 Å². The zero-order chi connectivity index (χ0) is 17.5. The number of rotatable bonds is 4. The molecule has 2 atom stereocenters. The third kappa shape index (κ3) is 3.06. The average molecular weight is 407 g/mol. The van der Waals surface area contributed by atoms with Crippen LogP contribution in [0.5, 0.6) is 0 Å². The minimum Gasteiger partial charge on any atom is -0.206 e. The van der Waals surface area contributed by atoms with E-state index in [9.17, 15) is 16.8 Å². The van der Waals surface area contributed by atoms with Crippen LogP contribution in [-0.2, 0) is 20.0 Å². The lowest BCUT2D eigenvalue weighted by Gasteiger charge is -2.41. The smallest absolute Gasteiger partial charge is 0.206 e. The Balaban J connectivity index is 1.88. The molecule has 0 aromatic carbocycles. The minimum atomic E-state index is -3.59. The molecular formula is C14H18N2O4S4. The summed E-state index contributed by atoms with van der Waals surface area (Å²) in [4.78, 5) is 0. The van der Waals surface area contributed by atoms with E-state index < -0.39 is 32.1 Å². The number of nitrogens with zero attached hydrogens (tertiary/aromatic N) is 2. The van der Waals surface area contributed by atoms with Crippen molar-refractivity contribution in [1.29, 1.82) is 0 Å². The zero-order valence-corrected chi connectivity index (χ0v) is 16.5. The lowest BCUT2D eigenvalue weighted by molar-refractivity contribution is 0.164. The normalized spacial score (nSPS) is 24.2. The van der Waals surface area contributed by atoms with Crippen molar-refractivity contribution in [3.63, 3.8) is 0 Å². The Morgan fingerprint density at radius 3 is 1.50 bits per heavy atom. The van der Waals surface area contributed by atoms with Crippen LogP contribution in [0, 0.1) is 0 Å². The van der Waals surface area contributed by atoms with E-state index >= 15 is 0 Å². The van der Waals surface area contributed by atoms with Crippen LogP contribution in [0.2, 0.25) is 0 Å². The van der Waals surface area contributed by atoms with Crippen molar-refractivity contribution >= 4 is 42.7 Å². The third-order valence-electron chi connectivity index (χ3n) is 3.99. The summed E-state index contributed by atoms with van der Waals surface area (Å²) in [6.45, 7) is 3.78. The van der Waals surface area contributed by atoms with E-state index in [4.69, 9.17) is 0 Å². The van der Waals surface area contributed by atoms with Gasteiger partial charge in [-0.05, 0) is 36.7 Å². The van der Waals surface area contributed by atoms with Crippen LogP contribution >= 0.6 is 22.7 Å². The van der Waals surface area contributed by atoms with Crippen molar-refractivity contribution in [3.8, 4) is 0 Å². The molecule has 3 heterocycles. The van der Waals surface area contributed by atoms with Gasteiger partial charge in [-0.15, -0.1) is 22.7 Å². The van der Waals surface area contributed by atoms with Crippen molar-refractivity contribution in [2.75, 3.05) is 13.1 Å². The second kappa shape index (κ2) is 6.50. The quantitative estimate of drug-likeness (QED) is 0.781. The van der Waals surface area contributed by atoms with Crippen LogP contribution in [0.25, 0.3) is 0 Å². The molecular weight excluding hydrogens is 388 g/mol. The van der Waals surface area contributed by atoms with Crippen molar-refractivity contribution in [1.82, 2.24) is 8.61 Å². The average Bonchev–Trinajstić information content (AvgIpc) is 3.22. The van der Waals surface area contributed by atoms with Gasteiger partial charge < -0.3 is 0 Å². The Morgan fingerprint density at radius 2 is 1.21 bits per heavy atom. The molecule has 1 aliphatic rings. The first-order chi connectivity index (χ1) is 11.2. The topological polar surface area (TPSA) is 74.8 Å². The van der Waals surface area contributed by atoms with E-state index in [1.54, 1.807) is 48.9 Å². The molecule has 0 unspecified atom stereocenters. The molecule has 0 radical (unpaired) electrons. The second-order valence-corrected chi connectivity index (χ2v) is 11.8. The molecule has 0 amide bonds. The van der Waals surface area contributed by atoms with Gasteiger partial charge in [-0.1, -0.05) is 12.1 Å². The van der Waals surface area contributed by atoms with Crippen molar-refractivity contribution in [2.45, 2.75) is 34.3 Å². The van der Waals surface area contributed by atoms with Gasteiger partial charge >= 0.3 is 0 Å². The Kier molecular flexibility index (Phi) is 4.89. The molecule has 0 saturated carbocycles. The Hall–Kier alpha value is -0.780. The van der Waals surface area contributed by atoms with Crippen LogP contribution in [0.3, 0.4) is 0 Å². The fourth-order valence-electron chi connectivity index (χ4n) is 2.78. The molecule has 0 bridgehead atoms. The Bertz CT molecular complexity index is 812. The van der Waals surface area contributed by atoms with Crippen LogP contribution in [0.1, 0.15) is 13.8 Å². The van der Waals surface area contributed by atoms with Crippen molar-refractivity contribution in [3.05, 3.63) is 35.0 Å². The monoisotopic (exact) mass is 406 g/mol. The molecule has 2 aromatic heterocycles. The molecule has 132 valence electrons. The minimum absolute atomic E-state index is 0.145. The fourth-order valence-corrected chi connectivity index (χ4v) is 8.43. The summed E-state index contributed by atoms with van der Waals surface area (Å²) in [5.74, 6) is 0. The maximum atomic E-state index is 12.8. The largest absolute Gasteiger partial charge is 0.252 e. The van der Waals surface area contributed by atoms with Gasteiger partial charge in [0.1, 0.15) is 8.42 Å². The van der Waals surface area contributed by atoms with Gasteiger partial charge in [0, 0.05) is 25.2 Å². The van der Waals surface area contributed by atoms with E-state index in [0.717, 1.165) is 0 Å². The molecule has 0 spiro atoms. The Morgan fingerprint density at radius 1 is 0.833 bits per heavy atom. The first-order valence-electron chi connectivity index (χ1n) is 7.35. The maximum absolute atomic E-state index is 12.8. The van der Waals surface area contributed by atoms with E-state index in [1.165, 1.54) is 31.3 Å². The molecule has 6 nitrogen and oxygen atoms in total. The van der Waals surface area contributed by atoms with Gasteiger partial charge in [0.25, 0.3) is 20.0 Å². The van der Waals surface area contributed by atoms with Crippen molar-refractivity contribution < 1.29 is 16.8 Å². The maximum Gasteiger partial charge on any atom is 0.252 e. The molecule has 1 saturated heterocycles. The summed E-state index contributed by atoms with van der Waals surface area (Å²) in [6, 6.07) is 5.69. The first-order valence-corrected chi connectivity index (χ1v) is 12.0. The molecule has 2 aromatic rings. The highest BCUT2D eigenvalue weighted by Gasteiger charge is 2.42. The lowest BCUT2D eigenvalue weighted by Crippen LogP contribution is -2.59. The van der Waals surface area contributed by atoms with Gasteiger partial charge in [-0.25, -0.2) is 16.8 Å². The first kappa shape index (κ1) is 18.0. The van der Waals surface area contributed by atoms with Gasteiger partial charge in [0.2, 0.25) is 0 Å². The van der Waals surface area contributed by atoms with Gasteiger partial charge in [0.15, 0.2) is 0 Å². The molecule has 24 heavy (non-hydrogen) atoms. The van der Waals surface area contributed by atoms with Crippen molar-refractivity contribution in [2.24, 2.45) is 0 Å². The molecule has 1 aliphatic heterocycles. The predicted molar refractivity (Wildman–Crippen MR) is 95.3 cm³/mol. The SMILES string of the molecule is C[C@@H]1CN(S(=O)(=O)c2cccs2)[C@H](C)CN1S(=O)(=O)c1cccs1. The number of hydrogen-bond acceptors (Lipinski definition) is 6. The van der Waals surface area contributed by atoms with Crippen LogP contribution in [0.4, 0.5) is 0 Å². The summed E-state index contributed by atoms with van der Waals surface area (Å²) in [6.07, 6.45) is 0. The third-order valence-corrected chi connectivity index (χ3v) is 10.7. The lowest BCUT2D eigenvalue weighted by atomic mass is 10.2. The highest BCUT2D eigenvalue weighted by molar-refractivity contribution is 7.91. The second-order valence-electron chi connectivity index (χ2n) is 5.71. The highest BCUT2D eigenvalue weighted by atomic mass is 32.3. The fraction of sp³-hybridized carbons (Fsp3) is 0.429. The van der Waals surface area contributed by atoms with E-state index in [1.807, 2.05) is 0 Å². The highest BCUT2D eigenvalue weighted by Crippen LogP contribution is 2.30. The van der Waals surface area contributed by atoms with Crippen LogP contribution in [-0.4, -0.2) is 50.6 Å². The number of hydrogen-bond donors (Lipinski definition) is 0. The molecule has 0 aliphatic carbocycles. The predicted octanol–water partition coefficient (Wildman–Crippen LogP) is 2.28. The number of sulfonamides is 2. The number of piperazine rings is 1. The molecule has 1 fully saturated rings. The molecule has 0 N–H and O–H groups in total. The van der Waals surface area contributed by atoms with Crippen LogP contribution < -0.4 is 0 Å². The van der Waals surface area contributed by atoms with E-state index in [2.05, 4.69) is 0 Å². The summed E-state index contributed by atoms with van der Waals surface area (Å²) in [5.41, 5.74) is 0. The molecule has 3 rings (SSSR count). The zero-order valence-electron chi connectivity index (χ0n) is 13.2. The summed E-state index contributed by atoms with van der Waals surface area (Å²) in [7, 11) is -7.18.